The Hall–Kier alpha value is -2.28. The normalized spacial score (nSPS) is 10.1. The van der Waals surface area contributed by atoms with Crippen molar-refractivity contribution in [2.45, 2.75) is 0 Å². The number of nitrogens with zero attached hydrogens (tertiary/aromatic N) is 1. The van der Waals surface area contributed by atoms with Gasteiger partial charge in [-0.25, -0.2) is 4.39 Å². The highest BCUT2D eigenvalue weighted by molar-refractivity contribution is 9.10. The first kappa shape index (κ1) is 14.1. The zero-order valence-electron chi connectivity index (χ0n) is 9.88. The predicted octanol–water partition coefficient (Wildman–Crippen LogP) is 4.10. The van der Waals surface area contributed by atoms with Crippen molar-refractivity contribution in [1.82, 2.24) is 0 Å². The zero-order chi connectivity index (χ0) is 14.7. The van der Waals surface area contributed by atoms with Crippen molar-refractivity contribution in [2.24, 2.45) is 0 Å². The van der Waals surface area contributed by atoms with Gasteiger partial charge in [-0.1, -0.05) is 0 Å². The minimum Gasteiger partial charge on any atom is -0.454 e. The second-order valence-corrected chi connectivity index (χ2v) is 4.63. The number of nitro groups is 1. The summed E-state index contributed by atoms with van der Waals surface area (Å²) in [5, 5.41) is 10.5. The standard InChI is InChI=1S/C13H7BrFNO4/c14-11-6-10(3-1-8(11)7-17)20-13-4-2-9(16(18)19)5-12(13)15/h1-7H. The summed E-state index contributed by atoms with van der Waals surface area (Å²) in [7, 11) is 0. The van der Waals surface area contributed by atoms with E-state index >= 15 is 0 Å². The van der Waals surface area contributed by atoms with Gasteiger partial charge in [-0.2, -0.15) is 0 Å². The Bertz CT molecular complexity index is 690. The number of hydrogen-bond donors (Lipinski definition) is 0. The van der Waals surface area contributed by atoms with Gasteiger partial charge in [0, 0.05) is 16.1 Å². The lowest BCUT2D eigenvalue weighted by molar-refractivity contribution is -0.385. The second kappa shape index (κ2) is 5.79. The number of hydrogen-bond acceptors (Lipinski definition) is 4. The summed E-state index contributed by atoms with van der Waals surface area (Å²) >= 11 is 3.18. The summed E-state index contributed by atoms with van der Waals surface area (Å²) in [5.41, 5.74) is 0.0776. The number of ether oxygens (including phenoxy) is 1. The van der Waals surface area contributed by atoms with E-state index in [2.05, 4.69) is 15.9 Å². The van der Waals surface area contributed by atoms with Gasteiger partial charge in [0.2, 0.25) is 0 Å². The maximum atomic E-state index is 13.6. The minimum absolute atomic E-state index is 0.138. The molecule has 0 spiro atoms. The van der Waals surface area contributed by atoms with Gasteiger partial charge in [0.25, 0.3) is 5.69 Å². The number of benzene rings is 2. The van der Waals surface area contributed by atoms with E-state index in [0.717, 1.165) is 12.1 Å². The highest BCUT2D eigenvalue weighted by Crippen LogP contribution is 2.29. The Kier molecular flexibility index (Phi) is 4.09. The molecule has 0 unspecified atom stereocenters. The molecule has 0 aliphatic heterocycles. The van der Waals surface area contributed by atoms with E-state index in [1.54, 1.807) is 0 Å². The Morgan fingerprint density at radius 1 is 1.25 bits per heavy atom. The van der Waals surface area contributed by atoms with Crippen LogP contribution in [0.15, 0.2) is 40.9 Å². The van der Waals surface area contributed by atoms with Crippen LogP contribution in [0.4, 0.5) is 10.1 Å². The van der Waals surface area contributed by atoms with Gasteiger partial charge in [0.15, 0.2) is 17.9 Å². The van der Waals surface area contributed by atoms with Gasteiger partial charge < -0.3 is 4.74 Å². The van der Waals surface area contributed by atoms with Gasteiger partial charge in [-0.15, -0.1) is 0 Å². The van der Waals surface area contributed by atoms with E-state index in [-0.39, 0.29) is 11.4 Å². The molecule has 0 radical (unpaired) electrons. The molecule has 0 atom stereocenters. The molecule has 0 aliphatic carbocycles. The first-order valence-electron chi connectivity index (χ1n) is 5.38. The molecule has 0 saturated carbocycles. The number of carbonyl (C=O) groups excluding carboxylic acids is 1. The number of aldehydes is 1. The van der Waals surface area contributed by atoms with E-state index in [9.17, 15) is 19.3 Å². The molecule has 0 N–H and O–H groups in total. The highest BCUT2D eigenvalue weighted by atomic mass is 79.9. The number of non-ortho nitro benzene ring substituents is 1. The summed E-state index contributed by atoms with van der Waals surface area (Å²) in [6, 6.07) is 7.61. The molecule has 2 rings (SSSR count). The molecule has 102 valence electrons. The molecular formula is C13H7BrFNO4. The van der Waals surface area contributed by atoms with Gasteiger partial charge in [0.05, 0.1) is 11.0 Å². The lowest BCUT2D eigenvalue weighted by atomic mass is 10.2. The van der Waals surface area contributed by atoms with Crippen molar-refractivity contribution in [3.05, 3.63) is 62.4 Å². The van der Waals surface area contributed by atoms with Crippen LogP contribution in [0.5, 0.6) is 11.5 Å². The Morgan fingerprint density at radius 2 is 2.00 bits per heavy atom. The van der Waals surface area contributed by atoms with Gasteiger partial charge in [-0.05, 0) is 40.2 Å². The summed E-state index contributed by atoms with van der Waals surface area (Å²) in [6.45, 7) is 0. The molecule has 2 aromatic rings. The van der Waals surface area contributed by atoms with Crippen molar-refractivity contribution >= 4 is 27.9 Å². The molecule has 0 fully saturated rings. The van der Waals surface area contributed by atoms with Crippen molar-refractivity contribution < 1.29 is 18.8 Å². The monoisotopic (exact) mass is 339 g/mol. The summed E-state index contributed by atoms with van der Waals surface area (Å²) in [5.74, 6) is -0.675. The fourth-order valence-corrected chi connectivity index (χ4v) is 1.93. The molecule has 2 aromatic carbocycles. The van der Waals surface area contributed by atoms with E-state index in [4.69, 9.17) is 4.74 Å². The van der Waals surface area contributed by atoms with Gasteiger partial charge in [0.1, 0.15) is 5.75 Å². The van der Waals surface area contributed by atoms with Crippen LogP contribution in [0.25, 0.3) is 0 Å². The lowest BCUT2D eigenvalue weighted by Gasteiger charge is -2.07. The molecule has 0 saturated heterocycles. The first-order valence-corrected chi connectivity index (χ1v) is 6.17. The van der Waals surface area contributed by atoms with Crippen LogP contribution in [0.2, 0.25) is 0 Å². The average molecular weight is 340 g/mol. The Balaban J connectivity index is 2.28. The van der Waals surface area contributed by atoms with Crippen LogP contribution < -0.4 is 4.74 Å². The topological polar surface area (TPSA) is 69.4 Å². The second-order valence-electron chi connectivity index (χ2n) is 3.78. The molecule has 0 aliphatic rings. The maximum Gasteiger partial charge on any atom is 0.272 e. The summed E-state index contributed by atoms with van der Waals surface area (Å²) < 4.78 is 19.4. The van der Waals surface area contributed by atoms with Crippen LogP contribution in [-0.2, 0) is 0 Å². The smallest absolute Gasteiger partial charge is 0.272 e. The third-order valence-corrected chi connectivity index (χ3v) is 3.14. The molecule has 0 bridgehead atoms. The number of nitro benzene ring substituents is 1. The molecule has 0 heterocycles. The van der Waals surface area contributed by atoms with Crippen LogP contribution in [-0.4, -0.2) is 11.2 Å². The Labute approximate surface area is 121 Å². The third kappa shape index (κ3) is 3.00. The van der Waals surface area contributed by atoms with E-state index in [0.29, 0.717) is 22.1 Å². The van der Waals surface area contributed by atoms with Crippen LogP contribution in [0.3, 0.4) is 0 Å². The van der Waals surface area contributed by atoms with Gasteiger partial charge >= 0.3 is 0 Å². The van der Waals surface area contributed by atoms with Crippen molar-refractivity contribution in [1.29, 1.82) is 0 Å². The third-order valence-electron chi connectivity index (χ3n) is 2.45. The van der Waals surface area contributed by atoms with E-state index in [1.807, 2.05) is 0 Å². The fourth-order valence-electron chi connectivity index (χ4n) is 1.48. The quantitative estimate of drug-likeness (QED) is 0.477. The Morgan fingerprint density at radius 3 is 2.55 bits per heavy atom. The van der Waals surface area contributed by atoms with Crippen molar-refractivity contribution in [3.63, 3.8) is 0 Å². The molecule has 20 heavy (non-hydrogen) atoms. The molecular weight excluding hydrogens is 333 g/mol. The SMILES string of the molecule is O=Cc1ccc(Oc2ccc([N+](=O)[O-])cc2F)cc1Br. The summed E-state index contributed by atoms with van der Waals surface area (Å²) in [6.07, 6.45) is 0.667. The minimum atomic E-state index is -0.838. The van der Waals surface area contributed by atoms with Crippen LogP contribution in [0.1, 0.15) is 10.4 Å². The first-order chi connectivity index (χ1) is 9.51. The molecule has 0 amide bonds. The zero-order valence-corrected chi connectivity index (χ0v) is 11.5. The number of rotatable bonds is 4. The largest absolute Gasteiger partial charge is 0.454 e. The molecule has 5 nitrogen and oxygen atoms in total. The molecule has 0 aromatic heterocycles. The fraction of sp³-hybridized carbons (Fsp3) is 0. The van der Waals surface area contributed by atoms with Crippen LogP contribution in [0, 0.1) is 15.9 Å². The van der Waals surface area contributed by atoms with Crippen molar-refractivity contribution in [3.8, 4) is 11.5 Å². The highest BCUT2D eigenvalue weighted by Gasteiger charge is 2.12. The predicted molar refractivity (Wildman–Crippen MR) is 72.7 cm³/mol. The van der Waals surface area contributed by atoms with Gasteiger partial charge in [-0.3, -0.25) is 14.9 Å². The maximum absolute atomic E-state index is 13.6. The van der Waals surface area contributed by atoms with E-state index < -0.39 is 10.7 Å². The van der Waals surface area contributed by atoms with Crippen LogP contribution >= 0.6 is 15.9 Å². The molecule has 7 heteroatoms. The van der Waals surface area contributed by atoms with E-state index in [1.165, 1.54) is 24.3 Å². The van der Waals surface area contributed by atoms with Crippen molar-refractivity contribution in [2.75, 3.05) is 0 Å². The number of halogens is 2. The lowest BCUT2D eigenvalue weighted by Crippen LogP contribution is -1.93. The number of carbonyl (C=O) groups is 1. The average Bonchev–Trinajstić information content (AvgIpc) is 2.41. The summed E-state index contributed by atoms with van der Waals surface area (Å²) in [4.78, 5) is 20.5.